The maximum Gasteiger partial charge on any atom is 0.138 e. The molecule has 0 fully saturated rings. The summed E-state index contributed by atoms with van der Waals surface area (Å²) in [7, 11) is 0. The molecule has 150 valence electrons. The molecule has 7 heteroatoms. The van der Waals surface area contributed by atoms with Crippen LogP contribution in [0, 0.1) is 6.92 Å². The largest absolute Gasteiger partial charge is 0.257 e. The van der Waals surface area contributed by atoms with E-state index in [-0.39, 0.29) is 6.04 Å². The van der Waals surface area contributed by atoms with Crippen molar-refractivity contribution in [1.29, 1.82) is 0 Å². The van der Waals surface area contributed by atoms with Gasteiger partial charge in [0.15, 0.2) is 0 Å². The summed E-state index contributed by atoms with van der Waals surface area (Å²) in [4.78, 5) is 1.16. The molecular formula is C23H18BrClN4S. The smallest absolute Gasteiger partial charge is 0.138 e. The fourth-order valence-electron chi connectivity index (χ4n) is 3.80. The summed E-state index contributed by atoms with van der Waals surface area (Å²) >= 11 is 12.2. The van der Waals surface area contributed by atoms with Crippen molar-refractivity contribution in [2.24, 2.45) is 5.10 Å². The summed E-state index contributed by atoms with van der Waals surface area (Å²) in [5, 5.41) is 12.5. The van der Waals surface area contributed by atoms with Gasteiger partial charge >= 0.3 is 0 Å². The van der Waals surface area contributed by atoms with Crippen molar-refractivity contribution in [2.45, 2.75) is 19.4 Å². The van der Waals surface area contributed by atoms with Gasteiger partial charge in [-0.2, -0.15) is 10.2 Å². The lowest BCUT2D eigenvalue weighted by Gasteiger charge is -2.23. The molecule has 1 aliphatic rings. The number of hydrogen-bond acceptors (Lipinski definition) is 4. The van der Waals surface area contributed by atoms with Crippen LogP contribution in [-0.2, 0) is 0 Å². The second kappa shape index (κ2) is 8.02. The average Bonchev–Trinajstić information content (AvgIpc) is 3.46. The number of hydrogen-bond donors (Lipinski definition) is 0. The molecule has 0 saturated heterocycles. The summed E-state index contributed by atoms with van der Waals surface area (Å²) in [6.45, 7) is 2.02. The Balaban J connectivity index is 1.60. The zero-order chi connectivity index (χ0) is 20.7. The molecule has 3 heterocycles. The van der Waals surface area contributed by atoms with Crippen LogP contribution < -0.4 is 5.01 Å². The van der Waals surface area contributed by atoms with Crippen molar-refractivity contribution in [1.82, 2.24) is 9.78 Å². The van der Waals surface area contributed by atoms with E-state index in [0.717, 1.165) is 43.4 Å². The Bertz CT molecular complexity index is 1220. The fourth-order valence-corrected chi connectivity index (χ4v) is 5.58. The molecule has 0 radical (unpaired) electrons. The standard InChI is InChI=1S/C23H18BrClN4S/c1-15-22(23(25)29(26-15)17-10-6-3-7-11-17)19-14-18(20-12-13-21(24)30-20)27-28(19)16-8-4-2-5-9-16/h2-13,19H,14H2,1H3. The number of aryl methyl sites for hydroxylation is 1. The van der Waals surface area contributed by atoms with Gasteiger partial charge in [0.2, 0.25) is 0 Å². The van der Waals surface area contributed by atoms with Gasteiger partial charge in [-0.25, -0.2) is 4.68 Å². The predicted molar refractivity (Wildman–Crippen MR) is 128 cm³/mol. The van der Waals surface area contributed by atoms with Crippen LogP contribution in [0.3, 0.4) is 0 Å². The third-order valence-corrected chi connectivity index (χ3v) is 7.21. The van der Waals surface area contributed by atoms with Crippen LogP contribution in [-0.4, -0.2) is 15.5 Å². The molecule has 1 unspecified atom stereocenters. The highest BCUT2D eigenvalue weighted by Gasteiger charge is 2.35. The molecule has 0 amide bonds. The lowest BCUT2D eigenvalue weighted by Crippen LogP contribution is -2.19. The Labute approximate surface area is 192 Å². The number of anilines is 1. The molecule has 1 atom stereocenters. The Morgan fingerprint density at radius 2 is 1.63 bits per heavy atom. The molecule has 0 N–H and O–H groups in total. The molecular weight excluding hydrogens is 480 g/mol. The van der Waals surface area contributed by atoms with Gasteiger partial charge < -0.3 is 0 Å². The zero-order valence-corrected chi connectivity index (χ0v) is 19.3. The Morgan fingerprint density at radius 1 is 0.967 bits per heavy atom. The number of halogens is 2. The number of aromatic nitrogens is 2. The normalized spacial score (nSPS) is 16.2. The summed E-state index contributed by atoms with van der Waals surface area (Å²) < 4.78 is 2.91. The molecule has 2 aromatic heterocycles. The summed E-state index contributed by atoms with van der Waals surface area (Å²) in [5.41, 5.74) is 4.97. The van der Waals surface area contributed by atoms with Crippen LogP contribution in [0.1, 0.15) is 28.6 Å². The monoisotopic (exact) mass is 496 g/mol. The van der Waals surface area contributed by atoms with Crippen molar-refractivity contribution in [3.8, 4) is 5.69 Å². The van der Waals surface area contributed by atoms with Crippen LogP contribution in [0.15, 0.2) is 81.7 Å². The summed E-state index contributed by atoms with van der Waals surface area (Å²) in [6, 6.07) is 24.4. The van der Waals surface area contributed by atoms with E-state index in [1.165, 1.54) is 0 Å². The van der Waals surface area contributed by atoms with Gasteiger partial charge in [-0.1, -0.05) is 48.0 Å². The van der Waals surface area contributed by atoms with E-state index in [0.29, 0.717) is 5.15 Å². The van der Waals surface area contributed by atoms with Crippen LogP contribution in [0.2, 0.25) is 5.15 Å². The second-order valence-electron chi connectivity index (χ2n) is 7.09. The topological polar surface area (TPSA) is 33.4 Å². The number of thiophene rings is 1. The van der Waals surface area contributed by atoms with Crippen LogP contribution in [0.5, 0.6) is 0 Å². The van der Waals surface area contributed by atoms with Gasteiger partial charge in [-0.15, -0.1) is 11.3 Å². The highest BCUT2D eigenvalue weighted by Crippen LogP contribution is 2.42. The molecule has 4 aromatic rings. The maximum atomic E-state index is 6.91. The van der Waals surface area contributed by atoms with Gasteiger partial charge in [0.1, 0.15) is 5.15 Å². The molecule has 4 nitrogen and oxygen atoms in total. The van der Waals surface area contributed by atoms with E-state index in [1.54, 1.807) is 11.3 Å². The van der Waals surface area contributed by atoms with E-state index in [4.69, 9.17) is 21.8 Å². The van der Waals surface area contributed by atoms with Gasteiger partial charge in [0.25, 0.3) is 0 Å². The van der Waals surface area contributed by atoms with E-state index in [1.807, 2.05) is 60.1 Å². The quantitative estimate of drug-likeness (QED) is 0.304. The predicted octanol–water partition coefficient (Wildman–Crippen LogP) is 7.01. The lowest BCUT2D eigenvalue weighted by molar-refractivity contribution is 0.704. The minimum absolute atomic E-state index is 0.0202. The molecule has 0 aliphatic carbocycles. The minimum Gasteiger partial charge on any atom is -0.257 e. The highest BCUT2D eigenvalue weighted by atomic mass is 79.9. The van der Waals surface area contributed by atoms with Crippen LogP contribution in [0.4, 0.5) is 5.69 Å². The van der Waals surface area contributed by atoms with Crippen molar-refractivity contribution >= 4 is 50.3 Å². The maximum absolute atomic E-state index is 6.91. The molecule has 0 spiro atoms. The van der Waals surface area contributed by atoms with Crippen molar-refractivity contribution in [3.05, 3.63) is 97.9 Å². The summed E-state index contributed by atoms with van der Waals surface area (Å²) in [5.74, 6) is 0. The zero-order valence-electron chi connectivity index (χ0n) is 16.2. The Morgan fingerprint density at radius 3 is 2.27 bits per heavy atom. The van der Waals surface area contributed by atoms with Crippen molar-refractivity contribution in [2.75, 3.05) is 5.01 Å². The number of para-hydroxylation sites is 2. The van der Waals surface area contributed by atoms with Gasteiger partial charge in [-0.05, 0) is 59.3 Å². The number of hydrazone groups is 1. The lowest BCUT2D eigenvalue weighted by atomic mass is 10.0. The first-order chi connectivity index (χ1) is 14.6. The van der Waals surface area contributed by atoms with Gasteiger partial charge in [-0.3, -0.25) is 5.01 Å². The summed E-state index contributed by atoms with van der Waals surface area (Å²) in [6.07, 6.45) is 0.767. The first-order valence-electron chi connectivity index (χ1n) is 9.59. The molecule has 2 aromatic carbocycles. The Hall–Kier alpha value is -2.41. The molecule has 1 aliphatic heterocycles. The molecule has 30 heavy (non-hydrogen) atoms. The minimum atomic E-state index is -0.0202. The third kappa shape index (κ3) is 3.49. The van der Waals surface area contributed by atoms with E-state index in [2.05, 4.69) is 45.2 Å². The molecule has 5 rings (SSSR count). The molecule has 0 bridgehead atoms. The molecule has 0 saturated carbocycles. The average molecular weight is 498 g/mol. The van der Waals surface area contributed by atoms with Crippen molar-refractivity contribution < 1.29 is 0 Å². The van der Waals surface area contributed by atoms with Gasteiger partial charge in [0.05, 0.1) is 37.5 Å². The second-order valence-corrected chi connectivity index (χ2v) is 9.91. The highest BCUT2D eigenvalue weighted by molar-refractivity contribution is 9.11. The number of nitrogens with zero attached hydrogens (tertiary/aromatic N) is 4. The van der Waals surface area contributed by atoms with E-state index >= 15 is 0 Å². The van der Waals surface area contributed by atoms with E-state index < -0.39 is 0 Å². The SMILES string of the molecule is Cc1nn(-c2ccccc2)c(Cl)c1C1CC(c2ccc(Br)s2)=NN1c1ccccc1. The first-order valence-corrected chi connectivity index (χ1v) is 11.6. The Kier molecular flexibility index (Phi) is 5.23. The van der Waals surface area contributed by atoms with Crippen molar-refractivity contribution in [3.63, 3.8) is 0 Å². The third-order valence-electron chi connectivity index (χ3n) is 5.17. The number of rotatable bonds is 4. The van der Waals surface area contributed by atoms with Gasteiger partial charge in [0, 0.05) is 12.0 Å². The van der Waals surface area contributed by atoms with Crippen LogP contribution in [0.25, 0.3) is 5.69 Å². The van der Waals surface area contributed by atoms with Crippen LogP contribution >= 0.6 is 38.9 Å². The van der Waals surface area contributed by atoms with E-state index in [9.17, 15) is 0 Å². The first kappa shape index (κ1) is 19.5. The fraction of sp³-hybridized carbons (Fsp3) is 0.130. The number of benzene rings is 2.